The van der Waals surface area contributed by atoms with E-state index in [9.17, 15) is 0 Å². The summed E-state index contributed by atoms with van der Waals surface area (Å²) in [6, 6.07) is 6.60. The normalized spacial score (nSPS) is 18.2. The standard InChI is InChI=1S/C13H20IN3/c1-10(9-17-6-2-3-7-17)16-13-5-4-11(14)8-12(13)15/h4-5,8,10,16H,2-3,6-7,9,15H2,1H3. The molecule has 1 aliphatic heterocycles. The van der Waals surface area contributed by atoms with E-state index in [0.29, 0.717) is 6.04 Å². The van der Waals surface area contributed by atoms with Gasteiger partial charge in [-0.3, -0.25) is 0 Å². The molecular formula is C13H20IN3. The molecule has 0 aromatic heterocycles. The third-order valence-corrected chi connectivity index (χ3v) is 3.82. The largest absolute Gasteiger partial charge is 0.397 e. The van der Waals surface area contributed by atoms with Gasteiger partial charge in [0.05, 0.1) is 11.4 Å². The van der Waals surface area contributed by atoms with Crippen molar-refractivity contribution in [2.24, 2.45) is 0 Å². The van der Waals surface area contributed by atoms with Gasteiger partial charge in [-0.1, -0.05) is 0 Å². The minimum atomic E-state index is 0.440. The number of anilines is 2. The number of nitrogens with two attached hydrogens (primary N) is 1. The molecule has 4 heteroatoms. The molecule has 1 saturated heterocycles. The fourth-order valence-electron chi connectivity index (χ4n) is 2.33. The van der Waals surface area contributed by atoms with Crippen molar-refractivity contribution in [1.82, 2.24) is 4.90 Å². The number of benzene rings is 1. The first kappa shape index (κ1) is 13.0. The molecule has 1 unspecified atom stereocenters. The molecule has 0 amide bonds. The minimum absolute atomic E-state index is 0.440. The summed E-state index contributed by atoms with van der Waals surface area (Å²) in [6.45, 7) is 5.81. The van der Waals surface area contributed by atoms with E-state index >= 15 is 0 Å². The van der Waals surface area contributed by atoms with Gasteiger partial charge in [0.25, 0.3) is 0 Å². The average Bonchev–Trinajstić information content (AvgIpc) is 2.75. The Balaban J connectivity index is 1.90. The second-order valence-corrected chi connectivity index (χ2v) is 6.03. The molecule has 0 aliphatic carbocycles. The lowest BCUT2D eigenvalue weighted by atomic mass is 10.2. The van der Waals surface area contributed by atoms with Crippen LogP contribution in [0.15, 0.2) is 18.2 Å². The van der Waals surface area contributed by atoms with Gasteiger partial charge < -0.3 is 16.0 Å². The zero-order chi connectivity index (χ0) is 12.3. The third kappa shape index (κ3) is 3.74. The fourth-order valence-corrected chi connectivity index (χ4v) is 2.84. The van der Waals surface area contributed by atoms with Gasteiger partial charge in [-0.05, 0) is 73.6 Å². The summed E-state index contributed by atoms with van der Waals surface area (Å²) in [4.78, 5) is 2.51. The number of hydrogen-bond donors (Lipinski definition) is 2. The summed E-state index contributed by atoms with van der Waals surface area (Å²) < 4.78 is 1.18. The maximum atomic E-state index is 6.00. The summed E-state index contributed by atoms with van der Waals surface area (Å²) in [5.41, 5.74) is 7.89. The van der Waals surface area contributed by atoms with Crippen molar-refractivity contribution in [2.75, 3.05) is 30.7 Å². The molecule has 1 heterocycles. The fraction of sp³-hybridized carbons (Fsp3) is 0.538. The number of halogens is 1. The maximum absolute atomic E-state index is 6.00. The van der Waals surface area contributed by atoms with Gasteiger partial charge in [0.15, 0.2) is 0 Å². The molecule has 1 aromatic rings. The zero-order valence-corrected chi connectivity index (χ0v) is 12.4. The smallest absolute Gasteiger partial charge is 0.0577 e. The molecule has 1 aliphatic rings. The molecule has 3 N–H and O–H groups in total. The SMILES string of the molecule is CC(CN1CCCC1)Nc1ccc(I)cc1N. The summed E-state index contributed by atoms with van der Waals surface area (Å²) >= 11 is 2.28. The highest BCUT2D eigenvalue weighted by atomic mass is 127. The van der Waals surface area contributed by atoms with Crippen molar-refractivity contribution in [3.05, 3.63) is 21.8 Å². The van der Waals surface area contributed by atoms with E-state index in [0.717, 1.165) is 17.9 Å². The molecule has 94 valence electrons. The van der Waals surface area contributed by atoms with E-state index in [4.69, 9.17) is 5.73 Å². The van der Waals surface area contributed by atoms with Gasteiger partial charge in [0, 0.05) is 16.2 Å². The van der Waals surface area contributed by atoms with E-state index in [1.807, 2.05) is 6.07 Å². The number of rotatable bonds is 4. The van der Waals surface area contributed by atoms with Crippen LogP contribution in [-0.4, -0.2) is 30.6 Å². The predicted molar refractivity (Wildman–Crippen MR) is 82.3 cm³/mol. The highest BCUT2D eigenvalue weighted by Gasteiger charge is 2.14. The van der Waals surface area contributed by atoms with Crippen LogP contribution >= 0.6 is 22.6 Å². The highest BCUT2D eigenvalue weighted by Crippen LogP contribution is 2.22. The monoisotopic (exact) mass is 345 g/mol. The Morgan fingerprint density at radius 2 is 2.12 bits per heavy atom. The molecule has 1 atom stereocenters. The third-order valence-electron chi connectivity index (χ3n) is 3.15. The van der Waals surface area contributed by atoms with Gasteiger partial charge in [-0.25, -0.2) is 0 Å². The Morgan fingerprint density at radius 3 is 2.76 bits per heavy atom. The summed E-state index contributed by atoms with van der Waals surface area (Å²) in [5.74, 6) is 0. The molecule has 0 bridgehead atoms. The van der Waals surface area contributed by atoms with E-state index in [-0.39, 0.29) is 0 Å². The van der Waals surface area contributed by atoms with Crippen molar-refractivity contribution < 1.29 is 0 Å². The van der Waals surface area contributed by atoms with Crippen molar-refractivity contribution in [3.8, 4) is 0 Å². The van der Waals surface area contributed by atoms with Gasteiger partial charge in [0.1, 0.15) is 0 Å². The molecule has 0 saturated carbocycles. The van der Waals surface area contributed by atoms with Crippen LogP contribution in [0.4, 0.5) is 11.4 Å². The molecule has 1 aromatic carbocycles. The van der Waals surface area contributed by atoms with Gasteiger partial charge in [-0.2, -0.15) is 0 Å². The van der Waals surface area contributed by atoms with E-state index in [1.165, 1.54) is 29.5 Å². The van der Waals surface area contributed by atoms with E-state index in [1.54, 1.807) is 0 Å². The summed E-state index contributed by atoms with van der Waals surface area (Å²) in [7, 11) is 0. The summed E-state index contributed by atoms with van der Waals surface area (Å²) in [5, 5.41) is 3.49. The van der Waals surface area contributed by atoms with Crippen LogP contribution in [0.25, 0.3) is 0 Å². The van der Waals surface area contributed by atoms with Crippen LogP contribution in [0, 0.1) is 3.57 Å². The lowest BCUT2D eigenvalue weighted by Gasteiger charge is -2.22. The lowest BCUT2D eigenvalue weighted by Crippen LogP contribution is -2.33. The number of nitrogens with zero attached hydrogens (tertiary/aromatic N) is 1. The van der Waals surface area contributed by atoms with Crippen LogP contribution in [0.5, 0.6) is 0 Å². The molecule has 0 spiro atoms. The maximum Gasteiger partial charge on any atom is 0.0577 e. The molecule has 3 nitrogen and oxygen atoms in total. The number of hydrogen-bond acceptors (Lipinski definition) is 3. The molecule has 17 heavy (non-hydrogen) atoms. The van der Waals surface area contributed by atoms with Crippen LogP contribution in [0.2, 0.25) is 0 Å². The van der Waals surface area contributed by atoms with Crippen molar-refractivity contribution in [2.45, 2.75) is 25.8 Å². The molecule has 1 fully saturated rings. The number of nitrogens with one attached hydrogen (secondary N) is 1. The zero-order valence-electron chi connectivity index (χ0n) is 10.2. The Bertz CT molecular complexity index is 375. The van der Waals surface area contributed by atoms with Crippen LogP contribution in [-0.2, 0) is 0 Å². The second-order valence-electron chi connectivity index (χ2n) is 4.78. The lowest BCUT2D eigenvalue weighted by molar-refractivity contribution is 0.328. The van der Waals surface area contributed by atoms with Crippen molar-refractivity contribution in [1.29, 1.82) is 0 Å². The highest BCUT2D eigenvalue weighted by molar-refractivity contribution is 14.1. The number of likely N-dealkylation sites (tertiary alicyclic amines) is 1. The minimum Gasteiger partial charge on any atom is -0.397 e. The van der Waals surface area contributed by atoms with Crippen molar-refractivity contribution >= 4 is 34.0 Å². The first-order valence-electron chi connectivity index (χ1n) is 6.19. The first-order chi connectivity index (χ1) is 8.15. The van der Waals surface area contributed by atoms with Gasteiger partial charge in [-0.15, -0.1) is 0 Å². The van der Waals surface area contributed by atoms with Crippen LogP contribution in [0.1, 0.15) is 19.8 Å². The Morgan fingerprint density at radius 1 is 1.41 bits per heavy atom. The van der Waals surface area contributed by atoms with Gasteiger partial charge in [0.2, 0.25) is 0 Å². The average molecular weight is 345 g/mol. The van der Waals surface area contributed by atoms with E-state index < -0.39 is 0 Å². The first-order valence-corrected chi connectivity index (χ1v) is 7.27. The quantitative estimate of drug-likeness (QED) is 0.651. The van der Waals surface area contributed by atoms with Crippen LogP contribution < -0.4 is 11.1 Å². The topological polar surface area (TPSA) is 41.3 Å². The predicted octanol–water partition coefficient (Wildman–Crippen LogP) is 2.77. The summed E-state index contributed by atoms with van der Waals surface area (Å²) in [6.07, 6.45) is 2.69. The molecular weight excluding hydrogens is 325 g/mol. The Labute approximate surface area is 117 Å². The van der Waals surface area contributed by atoms with Gasteiger partial charge >= 0.3 is 0 Å². The van der Waals surface area contributed by atoms with Crippen LogP contribution in [0.3, 0.4) is 0 Å². The molecule has 2 rings (SSSR count). The van der Waals surface area contributed by atoms with E-state index in [2.05, 4.69) is 51.9 Å². The molecule has 0 radical (unpaired) electrons. The number of nitrogen functional groups attached to an aromatic ring is 1. The Hall–Kier alpha value is -0.490. The second kappa shape index (κ2) is 5.91. The Kier molecular flexibility index (Phi) is 4.50. The van der Waals surface area contributed by atoms with Crippen molar-refractivity contribution in [3.63, 3.8) is 0 Å².